The molecule has 0 radical (unpaired) electrons. The molecular weight excluding hydrogens is 252 g/mol. The molecule has 0 bridgehead atoms. The molecule has 0 N–H and O–H groups in total. The zero-order valence-electron chi connectivity index (χ0n) is 13.1. The summed E-state index contributed by atoms with van der Waals surface area (Å²) in [5.41, 5.74) is 1.58. The molecule has 0 aromatic carbocycles. The van der Waals surface area contributed by atoms with Crippen LogP contribution in [0.1, 0.15) is 32.2 Å². The van der Waals surface area contributed by atoms with Crippen LogP contribution in [0.2, 0.25) is 0 Å². The predicted octanol–water partition coefficient (Wildman–Crippen LogP) is 1.79. The molecule has 0 saturated carbocycles. The van der Waals surface area contributed by atoms with Crippen LogP contribution in [0.3, 0.4) is 0 Å². The number of amides is 1. The normalized spacial score (nSPS) is 16.4. The summed E-state index contributed by atoms with van der Waals surface area (Å²) in [5, 5.41) is 0. The van der Waals surface area contributed by atoms with E-state index in [0.717, 1.165) is 43.4 Å². The Morgan fingerprint density at radius 3 is 2.30 bits per heavy atom. The van der Waals surface area contributed by atoms with Crippen LogP contribution in [0.4, 0.5) is 5.82 Å². The quantitative estimate of drug-likeness (QED) is 0.784. The Bertz CT molecular complexity index is 499. The van der Waals surface area contributed by atoms with E-state index < -0.39 is 0 Å². The van der Waals surface area contributed by atoms with Gasteiger partial charge in [0.05, 0.1) is 11.4 Å². The highest BCUT2D eigenvalue weighted by Gasteiger charge is 2.30. The molecule has 110 valence electrons. The van der Waals surface area contributed by atoms with Gasteiger partial charge in [-0.05, 0) is 13.8 Å². The molecule has 20 heavy (non-hydrogen) atoms. The van der Waals surface area contributed by atoms with Gasteiger partial charge in [0.15, 0.2) is 0 Å². The summed E-state index contributed by atoms with van der Waals surface area (Å²) in [7, 11) is 0. The molecule has 1 saturated heterocycles. The van der Waals surface area contributed by atoms with Gasteiger partial charge < -0.3 is 9.80 Å². The number of rotatable bonds is 1. The summed E-state index contributed by atoms with van der Waals surface area (Å²) in [6, 6.07) is 0. The van der Waals surface area contributed by atoms with Gasteiger partial charge in [-0.25, -0.2) is 4.98 Å². The fourth-order valence-corrected chi connectivity index (χ4v) is 2.42. The van der Waals surface area contributed by atoms with E-state index >= 15 is 0 Å². The van der Waals surface area contributed by atoms with Crippen molar-refractivity contribution in [2.24, 2.45) is 5.41 Å². The molecule has 5 nitrogen and oxygen atoms in total. The Morgan fingerprint density at radius 2 is 1.75 bits per heavy atom. The van der Waals surface area contributed by atoms with Crippen LogP contribution in [0.25, 0.3) is 0 Å². The lowest BCUT2D eigenvalue weighted by Gasteiger charge is -2.38. The third-order valence-electron chi connectivity index (χ3n) is 3.56. The van der Waals surface area contributed by atoms with Gasteiger partial charge in [-0.1, -0.05) is 20.8 Å². The minimum absolute atomic E-state index is 0.226. The van der Waals surface area contributed by atoms with Crippen LogP contribution in [0.15, 0.2) is 6.20 Å². The minimum Gasteiger partial charge on any atom is -0.352 e. The first-order valence-electron chi connectivity index (χ1n) is 7.13. The number of aromatic nitrogens is 2. The lowest BCUT2D eigenvalue weighted by atomic mass is 9.94. The van der Waals surface area contributed by atoms with Crippen molar-refractivity contribution in [1.82, 2.24) is 14.9 Å². The molecule has 1 aliphatic rings. The van der Waals surface area contributed by atoms with Crippen LogP contribution in [0.5, 0.6) is 0 Å². The summed E-state index contributed by atoms with van der Waals surface area (Å²) in [4.78, 5) is 25.4. The minimum atomic E-state index is -0.304. The summed E-state index contributed by atoms with van der Waals surface area (Å²) in [6.45, 7) is 13.0. The number of hydrogen-bond acceptors (Lipinski definition) is 4. The van der Waals surface area contributed by atoms with E-state index in [-0.39, 0.29) is 11.3 Å². The second kappa shape index (κ2) is 5.38. The Balaban J connectivity index is 2.05. The highest BCUT2D eigenvalue weighted by molar-refractivity contribution is 5.81. The van der Waals surface area contributed by atoms with Crippen molar-refractivity contribution in [2.45, 2.75) is 34.6 Å². The summed E-state index contributed by atoms with van der Waals surface area (Å²) >= 11 is 0. The standard InChI is InChI=1S/C15H24N4O/c1-11-10-16-12(2)13(17-11)18-6-8-19(9-7-18)14(20)15(3,4)5/h10H,6-9H2,1-5H3. The molecular formula is C15H24N4O. The SMILES string of the molecule is Cc1cnc(C)c(N2CCN(C(=O)C(C)(C)C)CC2)n1. The molecule has 0 unspecified atom stereocenters. The van der Waals surface area contributed by atoms with Crippen LogP contribution < -0.4 is 4.90 Å². The highest BCUT2D eigenvalue weighted by atomic mass is 16.2. The third kappa shape index (κ3) is 3.08. The summed E-state index contributed by atoms with van der Waals surface area (Å²) in [5.74, 6) is 1.18. The van der Waals surface area contributed by atoms with Crippen molar-refractivity contribution >= 4 is 11.7 Å². The van der Waals surface area contributed by atoms with E-state index in [4.69, 9.17) is 0 Å². The van der Waals surface area contributed by atoms with Gasteiger partial charge in [0.25, 0.3) is 0 Å². The Labute approximate surface area is 121 Å². The fraction of sp³-hybridized carbons (Fsp3) is 0.667. The van der Waals surface area contributed by atoms with Gasteiger partial charge in [0.1, 0.15) is 5.82 Å². The topological polar surface area (TPSA) is 49.3 Å². The average Bonchev–Trinajstić information content (AvgIpc) is 2.40. The first-order valence-corrected chi connectivity index (χ1v) is 7.13. The predicted molar refractivity (Wildman–Crippen MR) is 79.8 cm³/mol. The molecule has 2 rings (SSSR count). The average molecular weight is 276 g/mol. The molecule has 0 aliphatic carbocycles. The van der Waals surface area contributed by atoms with Gasteiger partial charge in [-0.3, -0.25) is 9.78 Å². The Kier molecular flexibility index (Phi) is 3.97. The molecule has 0 spiro atoms. The van der Waals surface area contributed by atoms with Gasteiger partial charge in [-0.2, -0.15) is 0 Å². The molecule has 0 atom stereocenters. The zero-order valence-corrected chi connectivity index (χ0v) is 13.1. The maximum Gasteiger partial charge on any atom is 0.228 e. The first kappa shape index (κ1) is 14.8. The van der Waals surface area contributed by atoms with Crippen LogP contribution in [0, 0.1) is 19.3 Å². The first-order chi connectivity index (χ1) is 9.29. The van der Waals surface area contributed by atoms with E-state index in [0.29, 0.717) is 0 Å². The highest BCUT2D eigenvalue weighted by Crippen LogP contribution is 2.21. The van der Waals surface area contributed by atoms with E-state index in [1.807, 2.05) is 39.5 Å². The van der Waals surface area contributed by atoms with Crippen LogP contribution in [-0.4, -0.2) is 47.0 Å². The maximum absolute atomic E-state index is 12.3. The molecule has 1 amide bonds. The van der Waals surface area contributed by atoms with Crippen molar-refractivity contribution in [3.63, 3.8) is 0 Å². The third-order valence-corrected chi connectivity index (χ3v) is 3.56. The second-order valence-electron chi connectivity index (χ2n) is 6.45. The fourth-order valence-electron chi connectivity index (χ4n) is 2.42. The number of nitrogens with zero attached hydrogens (tertiary/aromatic N) is 4. The van der Waals surface area contributed by atoms with Crippen LogP contribution >= 0.6 is 0 Å². The Morgan fingerprint density at radius 1 is 1.15 bits per heavy atom. The van der Waals surface area contributed by atoms with Crippen molar-refractivity contribution in [3.05, 3.63) is 17.6 Å². The number of piperazine rings is 1. The van der Waals surface area contributed by atoms with Crippen LogP contribution in [-0.2, 0) is 4.79 Å². The summed E-state index contributed by atoms with van der Waals surface area (Å²) < 4.78 is 0. The van der Waals surface area contributed by atoms with Crippen molar-refractivity contribution in [3.8, 4) is 0 Å². The molecule has 2 heterocycles. The number of hydrogen-bond donors (Lipinski definition) is 0. The van der Waals surface area contributed by atoms with Crippen molar-refractivity contribution in [2.75, 3.05) is 31.1 Å². The van der Waals surface area contributed by atoms with E-state index in [1.54, 1.807) is 6.20 Å². The number of carbonyl (C=O) groups excluding carboxylic acids is 1. The largest absolute Gasteiger partial charge is 0.352 e. The number of anilines is 1. The molecule has 1 aromatic rings. The molecule has 1 aromatic heterocycles. The van der Waals surface area contributed by atoms with Crippen molar-refractivity contribution < 1.29 is 4.79 Å². The zero-order chi connectivity index (χ0) is 14.9. The molecule has 5 heteroatoms. The van der Waals surface area contributed by atoms with E-state index in [1.165, 1.54) is 0 Å². The van der Waals surface area contributed by atoms with Gasteiger partial charge in [0.2, 0.25) is 5.91 Å². The molecule has 1 fully saturated rings. The lowest BCUT2D eigenvalue weighted by Crippen LogP contribution is -2.52. The smallest absolute Gasteiger partial charge is 0.228 e. The summed E-state index contributed by atoms with van der Waals surface area (Å²) in [6.07, 6.45) is 1.79. The number of aryl methyl sites for hydroxylation is 2. The van der Waals surface area contributed by atoms with Gasteiger partial charge in [-0.15, -0.1) is 0 Å². The monoisotopic (exact) mass is 276 g/mol. The number of carbonyl (C=O) groups is 1. The maximum atomic E-state index is 12.3. The van der Waals surface area contributed by atoms with E-state index in [2.05, 4.69) is 14.9 Å². The lowest BCUT2D eigenvalue weighted by molar-refractivity contribution is -0.139. The van der Waals surface area contributed by atoms with Gasteiger partial charge >= 0.3 is 0 Å². The van der Waals surface area contributed by atoms with Crippen molar-refractivity contribution in [1.29, 1.82) is 0 Å². The van der Waals surface area contributed by atoms with E-state index in [9.17, 15) is 4.79 Å². The molecule has 1 aliphatic heterocycles. The second-order valence-corrected chi connectivity index (χ2v) is 6.45. The Hall–Kier alpha value is -1.65. The van der Waals surface area contributed by atoms with Gasteiger partial charge in [0, 0.05) is 37.8 Å².